The number of nitrogens with two attached hydrogens (primary N) is 1. The van der Waals surface area contributed by atoms with E-state index in [4.69, 9.17) is 20.3 Å². The van der Waals surface area contributed by atoms with Crippen molar-refractivity contribution in [1.82, 2.24) is 24.2 Å². The average molecular weight is 485 g/mol. The maximum absolute atomic E-state index is 12.0. The molecule has 3 rings (SSSR count). The van der Waals surface area contributed by atoms with Crippen molar-refractivity contribution in [3.05, 3.63) is 16.7 Å². The van der Waals surface area contributed by atoms with Gasteiger partial charge in [0.2, 0.25) is 0 Å². The number of aliphatic hydroxyl groups excluding tert-OH is 2. The minimum absolute atomic E-state index is 0.0111. The van der Waals surface area contributed by atoms with Crippen LogP contribution in [0.15, 0.2) is 11.1 Å². The first kappa shape index (κ1) is 25.5. The number of H-pyrrole nitrogens is 1. The average Bonchev–Trinajstić information content (AvgIpc) is 3.26. The molecule has 4 atom stereocenters. The predicted octanol–water partition coefficient (Wildman–Crippen LogP) is -0.143. The summed E-state index contributed by atoms with van der Waals surface area (Å²) in [7, 11) is -3.55. The number of imidazole rings is 1. The van der Waals surface area contributed by atoms with Crippen LogP contribution < -0.4 is 11.3 Å². The van der Waals surface area contributed by atoms with Gasteiger partial charge in [-0.2, -0.15) is 0 Å². The van der Waals surface area contributed by atoms with Gasteiger partial charge in [0.25, 0.3) is 0 Å². The van der Waals surface area contributed by atoms with Crippen LogP contribution in [0.3, 0.4) is 0 Å². The van der Waals surface area contributed by atoms with E-state index in [1.165, 1.54) is 10.9 Å². The van der Waals surface area contributed by atoms with E-state index in [9.17, 15) is 19.9 Å². The third-order valence-electron chi connectivity index (χ3n) is 5.62. The van der Waals surface area contributed by atoms with Gasteiger partial charge in [-0.05, 0) is 0 Å². The first-order valence-electron chi connectivity index (χ1n) is 10.8. The fourth-order valence-electron chi connectivity index (χ4n) is 4.34. The van der Waals surface area contributed by atoms with Gasteiger partial charge >= 0.3 is 191 Å². The molecule has 0 bridgehead atoms. The summed E-state index contributed by atoms with van der Waals surface area (Å²) in [5.41, 5.74) is 5.19. The van der Waals surface area contributed by atoms with Crippen molar-refractivity contribution in [2.45, 2.75) is 70.7 Å². The van der Waals surface area contributed by atoms with Crippen molar-refractivity contribution in [3.8, 4) is 6.07 Å². The molecule has 0 unspecified atom stereocenters. The number of aromatic nitrogens is 4. The Bertz CT molecular complexity index is 1060. The molecule has 1 saturated heterocycles. The van der Waals surface area contributed by atoms with E-state index in [0.717, 1.165) is 0 Å². The van der Waals surface area contributed by atoms with E-state index in [1.807, 2.05) is 38.4 Å². The van der Waals surface area contributed by atoms with Gasteiger partial charge in [0.15, 0.2) is 0 Å². The zero-order chi connectivity index (χ0) is 24.5. The van der Waals surface area contributed by atoms with Crippen LogP contribution in [-0.2, 0) is 9.26 Å². The third kappa shape index (κ3) is 5.02. The molecule has 0 radical (unpaired) electrons. The molecule has 0 amide bonds. The van der Waals surface area contributed by atoms with Crippen LogP contribution in [0.4, 0.5) is 5.95 Å². The van der Waals surface area contributed by atoms with Gasteiger partial charge in [-0.15, -0.1) is 0 Å². The molecule has 6 N–H and O–H groups in total. The Balaban J connectivity index is 1.82. The third-order valence-corrected chi connectivity index (χ3v) is 8.99. The molecule has 14 heteroatoms. The Morgan fingerprint density at radius 3 is 2.64 bits per heavy atom. The SMILES string of the molecule is CC(C)N(C(C)C)[PH](O)(CCC#N)OC[C@H]1O[C@@H](n2cnc3c(=O)[nH]c(N)nc32)[C@H](O)[C@@H]1O. The monoisotopic (exact) mass is 485 g/mol. The zero-order valence-electron chi connectivity index (χ0n) is 19.0. The van der Waals surface area contributed by atoms with E-state index in [2.05, 4.69) is 15.0 Å². The van der Waals surface area contributed by atoms with Crippen LogP contribution in [0.5, 0.6) is 0 Å². The Hall–Kier alpha value is -2.17. The fraction of sp³-hybridized carbons (Fsp3) is 0.684. The van der Waals surface area contributed by atoms with Crippen molar-refractivity contribution in [3.63, 3.8) is 0 Å². The van der Waals surface area contributed by atoms with Crippen LogP contribution in [0.2, 0.25) is 0 Å². The number of ether oxygens (including phenoxy) is 1. The molecule has 3 heterocycles. The second-order valence-electron chi connectivity index (χ2n) is 8.63. The van der Waals surface area contributed by atoms with E-state index in [0.29, 0.717) is 0 Å². The van der Waals surface area contributed by atoms with Gasteiger partial charge in [-0.3, -0.25) is 0 Å². The molecule has 0 spiro atoms. The van der Waals surface area contributed by atoms with Crippen molar-refractivity contribution < 1.29 is 24.4 Å². The van der Waals surface area contributed by atoms with Gasteiger partial charge in [0, 0.05) is 0 Å². The van der Waals surface area contributed by atoms with Crippen LogP contribution in [0.1, 0.15) is 40.3 Å². The summed E-state index contributed by atoms with van der Waals surface area (Å²) in [6.45, 7) is 7.51. The summed E-state index contributed by atoms with van der Waals surface area (Å²) in [6.07, 6.45) is -3.26. The first-order valence-corrected chi connectivity index (χ1v) is 12.8. The maximum atomic E-state index is 12.0. The Labute approximate surface area is 191 Å². The van der Waals surface area contributed by atoms with E-state index >= 15 is 0 Å². The summed E-state index contributed by atoms with van der Waals surface area (Å²) in [5, 5.41) is 30.3. The quantitative estimate of drug-likeness (QED) is 0.296. The molecule has 1 fully saturated rings. The summed E-state index contributed by atoms with van der Waals surface area (Å²) < 4.78 is 15.0. The van der Waals surface area contributed by atoms with Crippen molar-refractivity contribution >= 4 is 25.0 Å². The van der Waals surface area contributed by atoms with Gasteiger partial charge in [-0.1, -0.05) is 0 Å². The van der Waals surface area contributed by atoms with Crippen molar-refractivity contribution in [2.75, 3.05) is 18.5 Å². The van der Waals surface area contributed by atoms with Crippen molar-refractivity contribution in [1.29, 1.82) is 5.26 Å². The van der Waals surface area contributed by atoms with Crippen LogP contribution >= 0.6 is 7.87 Å². The molecule has 2 aromatic heterocycles. The van der Waals surface area contributed by atoms with E-state index in [1.54, 1.807) is 0 Å². The fourth-order valence-corrected chi connectivity index (χ4v) is 7.37. The van der Waals surface area contributed by atoms with Crippen LogP contribution in [-0.4, -0.2) is 82.5 Å². The molecule has 0 saturated carbocycles. The second kappa shape index (κ2) is 9.99. The number of nitrogen functional groups attached to an aromatic ring is 1. The number of hydrogen-bond donors (Lipinski definition) is 5. The topological polar surface area (TPSA) is 196 Å². The summed E-state index contributed by atoms with van der Waals surface area (Å²) in [6, 6.07) is 1.96. The van der Waals surface area contributed by atoms with Gasteiger partial charge < -0.3 is 0 Å². The molecular formula is C19H32N7O6P. The number of hydrogen-bond acceptors (Lipinski definition) is 11. The van der Waals surface area contributed by atoms with Gasteiger partial charge in [0.05, 0.1) is 0 Å². The molecule has 1 aliphatic rings. The van der Waals surface area contributed by atoms with Crippen LogP contribution in [0.25, 0.3) is 11.2 Å². The number of nitriles is 1. The number of aliphatic hydroxyl groups is 2. The second-order valence-corrected chi connectivity index (χ2v) is 11.4. The number of anilines is 1. The number of nitrogens with one attached hydrogen (secondary N) is 1. The standard InChI is InChI=1S/C19H32N7O6P/c1-10(2)26(11(3)4)33(30,7-5-6-20)31-8-12-14(27)15(28)18(32-12)25-9-22-13-16(25)23-19(21)24-17(13)29/h9-12,14-15,18,27-28,30,33H,5,7-8H2,1-4H3,(H3,21,23,24,29)/t12-,14-,15-,18-/m1/s1. The number of rotatable bonds is 9. The molecule has 1 aliphatic heterocycles. The number of fused-ring (bicyclic) bond motifs is 1. The first-order chi connectivity index (χ1) is 15.5. The summed E-state index contributed by atoms with van der Waals surface area (Å²) in [4.78, 5) is 33.8. The van der Waals surface area contributed by atoms with Gasteiger partial charge in [0.1, 0.15) is 0 Å². The van der Waals surface area contributed by atoms with Gasteiger partial charge in [-0.25, -0.2) is 0 Å². The number of nitrogens with zero attached hydrogens (tertiary/aromatic N) is 5. The predicted molar refractivity (Wildman–Crippen MR) is 122 cm³/mol. The Morgan fingerprint density at radius 1 is 1.36 bits per heavy atom. The normalized spacial score (nSPS) is 24.3. The molecule has 13 nitrogen and oxygen atoms in total. The molecule has 184 valence electrons. The zero-order valence-corrected chi connectivity index (χ0v) is 20.0. The number of aromatic amines is 1. The molecular weight excluding hydrogens is 453 g/mol. The van der Waals surface area contributed by atoms with Crippen LogP contribution in [0, 0.1) is 11.3 Å². The molecule has 0 aliphatic carbocycles. The Kier molecular flexibility index (Phi) is 7.70. The minimum atomic E-state index is -3.55. The molecule has 0 aromatic carbocycles. The molecule has 2 aromatic rings. The molecule has 33 heavy (non-hydrogen) atoms. The van der Waals surface area contributed by atoms with E-state index < -0.39 is 38.0 Å². The van der Waals surface area contributed by atoms with E-state index in [-0.39, 0.29) is 48.4 Å². The van der Waals surface area contributed by atoms with Crippen molar-refractivity contribution in [2.24, 2.45) is 0 Å². The summed E-state index contributed by atoms with van der Waals surface area (Å²) >= 11 is 0. The summed E-state index contributed by atoms with van der Waals surface area (Å²) in [5.74, 6) is -0.127. The Morgan fingerprint density at radius 2 is 2.03 bits per heavy atom.